The van der Waals surface area contributed by atoms with Crippen molar-refractivity contribution in [3.8, 4) is 5.75 Å². The molecule has 7 nitrogen and oxygen atoms in total. The summed E-state index contributed by atoms with van der Waals surface area (Å²) in [6.07, 6.45) is 1.27. The van der Waals surface area contributed by atoms with E-state index < -0.39 is 0 Å². The second kappa shape index (κ2) is 9.08. The van der Waals surface area contributed by atoms with E-state index in [4.69, 9.17) is 9.73 Å². The first-order valence-electron chi connectivity index (χ1n) is 9.97. The van der Waals surface area contributed by atoms with Crippen LogP contribution in [-0.4, -0.2) is 45.8 Å². The first-order chi connectivity index (χ1) is 13.5. The molecule has 1 aliphatic heterocycles. The van der Waals surface area contributed by atoms with Gasteiger partial charge in [0, 0.05) is 20.1 Å². The molecule has 0 spiro atoms. The molecule has 2 aromatic rings. The van der Waals surface area contributed by atoms with Gasteiger partial charge in [-0.1, -0.05) is 26.0 Å². The van der Waals surface area contributed by atoms with E-state index in [0.29, 0.717) is 24.9 Å². The molecule has 2 heterocycles. The maximum absolute atomic E-state index is 5.24. The highest BCUT2D eigenvalue weighted by molar-refractivity contribution is 5.80. The van der Waals surface area contributed by atoms with Crippen LogP contribution in [0, 0.1) is 18.8 Å². The molecule has 28 heavy (non-hydrogen) atoms. The van der Waals surface area contributed by atoms with Crippen LogP contribution < -0.4 is 10.1 Å². The molecule has 0 aliphatic carbocycles. The highest BCUT2D eigenvalue weighted by Crippen LogP contribution is 2.21. The minimum atomic E-state index is 0.609. The van der Waals surface area contributed by atoms with E-state index in [1.165, 1.54) is 6.42 Å². The summed E-state index contributed by atoms with van der Waals surface area (Å²) in [7, 11) is 3.67. The normalized spacial score (nSPS) is 20.3. The minimum absolute atomic E-state index is 0.609. The quantitative estimate of drug-likeness (QED) is 0.634. The van der Waals surface area contributed by atoms with Crippen molar-refractivity contribution >= 4 is 5.96 Å². The van der Waals surface area contributed by atoms with Crippen LogP contribution in [0.5, 0.6) is 5.75 Å². The Morgan fingerprint density at radius 1 is 1.18 bits per heavy atom. The highest BCUT2D eigenvalue weighted by atomic mass is 16.5. The van der Waals surface area contributed by atoms with E-state index in [9.17, 15) is 0 Å². The zero-order chi connectivity index (χ0) is 20.1. The van der Waals surface area contributed by atoms with Gasteiger partial charge in [0.15, 0.2) is 11.8 Å². The van der Waals surface area contributed by atoms with Crippen LogP contribution >= 0.6 is 0 Å². The van der Waals surface area contributed by atoms with Crippen molar-refractivity contribution in [3.05, 3.63) is 41.5 Å². The molecule has 0 radical (unpaired) electrons. The Labute approximate surface area is 167 Å². The molecule has 152 valence electrons. The predicted molar refractivity (Wildman–Crippen MR) is 111 cm³/mol. The summed E-state index contributed by atoms with van der Waals surface area (Å²) in [6.45, 7) is 9.88. The lowest BCUT2D eigenvalue weighted by atomic mass is 9.92. The molecule has 1 aromatic carbocycles. The van der Waals surface area contributed by atoms with Gasteiger partial charge in [-0.3, -0.25) is 0 Å². The van der Waals surface area contributed by atoms with Crippen LogP contribution in [0.2, 0.25) is 0 Å². The van der Waals surface area contributed by atoms with Crippen molar-refractivity contribution in [2.45, 2.75) is 40.3 Å². The number of hydrogen-bond donors (Lipinski definition) is 1. The van der Waals surface area contributed by atoms with Crippen molar-refractivity contribution < 1.29 is 4.74 Å². The number of rotatable bonds is 5. The van der Waals surface area contributed by atoms with Gasteiger partial charge in [0.05, 0.1) is 20.2 Å². The Hall–Kier alpha value is -2.57. The predicted octanol–water partition coefficient (Wildman–Crippen LogP) is 2.76. The second-order valence-electron chi connectivity index (χ2n) is 7.91. The highest BCUT2D eigenvalue weighted by Gasteiger charge is 2.24. The lowest BCUT2D eigenvalue weighted by molar-refractivity contribution is 0.208. The number of piperidine rings is 1. The number of nitrogens with one attached hydrogen (secondary N) is 1. The van der Waals surface area contributed by atoms with Crippen LogP contribution in [-0.2, 0) is 20.1 Å². The van der Waals surface area contributed by atoms with E-state index in [-0.39, 0.29) is 0 Å². The third-order valence-electron chi connectivity index (χ3n) is 5.33. The van der Waals surface area contributed by atoms with Crippen LogP contribution in [0.4, 0.5) is 0 Å². The lowest BCUT2D eigenvalue weighted by Gasteiger charge is -2.37. The van der Waals surface area contributed by atoms with Gasteiger partial charge in [-0.15, -0.1) is 10.2 Å². The van der Waals surface area contributed by atoms with Gasteiger partial charge in [0.2, 0.25) is 0 Å². The third kappa shape index (κ3) is 5.03. The molecule has 0 amide bonds. The molecule has 3 rings (SSSR count). The summed E-state index contributed by atoms with van der Waals surface area (Å²) in [5.41, 5.74) is 1.16. The number of ether oxygens (including phenoxy) is 1. The molecular formula is C21H32N6O. The van der Waals surface area contributed by atoms with Gasteiger partial charge in [0.1, 0.15) is 11.6 Å². The standard InChI is InChI=1S/C21H32N6O/c1-15-10-16(2)14-27(13-15)21(23-12-20-25-24-17(3)26(20)4)22-11-18-6-8-19(28-5)9-7-18/h6-9,15-16H,10-14H2,1-5H3,(H,22,23). The Morgan fingerprint density at radius 3 is 2.43 bits per heavy atom. The van der Waals surface area contributed by atoms with Gasteiger partial charge < -0.3 is 19.5 Å². The van der Waals surface area contributed by atoms with Crippen molar-refractivity contribution in [1.82, 2.24) is 25.0 Å². The van der Waals surface area contributed by atoms with Crippen molar-refractivity contribution in [2.24, 2.45) is 23.9 Å². The molecule has 0 saturated carbocycles. The number of guanidine groups is 1. The largest absolute Gasteiger partial charge is 0.497 e. The van der Waals surface area contributed by atoms with Crippen LogP contribution in [0.1, 0.15) is 37.5 Å². The Morgan fingerprint density at radius 2 is 1.86 bits per heavy atom. The Bertz CT molecular complexity index is 788. The van der Waals surface area contributed by atoms with Crippen LogP contribution in [0.25, 0.3) is 0 Å². The number of aliphatic imine (C=N–C) groups is 1. The van der Waals surface area contributed by atoms with E-state index in [0.717, 1.165) is 42.0 Å². The number of hydrogen-bond acceptors (Lipinski definition) is 4. The number of methoxy groups -OCH3 is 1. The van der Waals surface area contributed by atoms with Gasteiger partial charge in [-0.05, 0) is 42.9 Å². The molecule has 2 unspecified atom stereocenters. The molecule has 1 aromatic heterocycles. The number of aromatic nitrogens is 3. The van der Waals surface area contributed by atoms with Crippen LogP contribution in [0.15, 0.2) is 29.3 Å². The number of benzene rings is 1. The van der Waals surface area contributed by atoms with Gasteiger partial charge >= 0.3 is 0 Å². The van der Waals surface area contributed by atoms with Crippen molar-refractivity contribution in [3.63, 3.8) is 0 Å². The number of aryl methyl sites for hydroxylation is 1. The monoisotopic (exact) mass is 384 g/mol. The van der Waals surface area contributed by atoms with E-state index in [2.05, 4.69) is 46.4 Å². The van der Waals surface area contributed by atoms with E-state index >= 15 is 0 Å². The lowest BCUT2D eigenvalue weighted by Crippen LogP contribution is -2.48. The molecular weight excluding hydrogens is 352 g/mol. The Kier molecular flexibility index (Phi) is 6.54. The van der Waals surface area contributed by atoms with Crippen molar-refractivity contribution in [1.29, 1.82) is 0 Å². The molecule has 0 bridgehead atoms. The van der Waals surface area contributed by atoms with Gasteiger partial charge in [-0.25, -0.2) is 4.99 Å². The van der Waals surface area contributed by atoms with E-state index in [1.807, 2.05) is 30.7 Å². The van der Waals surface area contributed by atoms with Gasteiger partial charge in [-0.2, -0.15) is 0 Å². The maximum atomic E-state index is 5.24. The number of nitrogens with zero attached hydrogens (tertiary/aromatic N) is 5. The molecule has 1 fully saturated rings. The molecule has 1 N–H and O–H groups in total. The summed E-state index contributed by atoms with van der Waals surface area (Å²) >= 11 is 0. The molecule has 1 saturated heterocycles. The summed E-state index contributed by atoms with van der Waals surface area (Å²) in [4.78, 5) is 7.31. The second-order valence-corrected chi connectivity index (χ2v) is 7.91. The summed E-state index contributed by atoms with van der Waals surface area (Å²) in [5.74, 6) is 4.95. The fourth-order valence-corrected chi connectivity index (χ4v) is 3.76. The zero-order valence-electron chi connectivity index (χ0n) is 17.6. The van der Waals surface area contributed by atoms with Crippen molar-refractivity contribution in [2.75, 3.05) is 20.2 Å². The number of likely N-dealkylation sites (tertiary alicyclic amines) is 1. The fourth-order valence-electron chi connectivity index (χ4n) is 3.76. The maximum Gasteiger partial charge on any atom is 0.194 e. The first kappa shape index (κ1) is 20.2. The van der Waals surface area contributed by atoms with Gasteiger partial charge in [0.25, 0.3) is 0 Å². The summed E-state index contributed by atoms with van der Waals surface area (Å²) in [5, 5.41) is 11.9. The molecule has 2 atom stereocenters. The summed E-state index contributed by atoms with van der Waals surface area (Å²) in [6, 6.07) is 8.08. The Balaban J connectivity index is 1.75. The third-order valence-corrected chi connectivity index (χ3v) is 5.33. The average molecular weight is 385 g/mol. The first-order valence-corrected chi connectivity index (χ1v) is 9.97. The molecule has 1 aliphatic rings. The zero-order valence-corrected chi connectivity index (χ0v) is 17.6. The topological polar surface area (TPSA) is 67.6 Å². The SMILES string of the molecule is COc1ccc(CN=C(NCc2nnc(C)n2C)N2CC(C)CC(C)C2)cc1. The average Bonchev–Trinajstić information content (AvgIpc) is 3.00. The van der Waals surface area contributed by atoms with E-state index in [1.54, 1.807) is 7.11 Å². The fraction of sp³-hybridized carbons (Fsp3) is 0.571. The summed E-state index contributed by atoms with van der Waals surface area (Å²) < 4.78 is 7.25. The molecule has 7 heteroatoms. The minimum Gasteiger partial charge on any atom is -0.497 e. The van der Waals surface area contributed by atoms with Crippen LogP contribution in [0.3, 0.4) is 0 Å². The smallest absolute Gasteiger partial charge is 0.194 e.